The van der Waals surface area contributed by atoms with E-state index in [4.69, 9.17) is 11.6 Å². The molecule has 1 unspecified atom stereocenters. The average Bonchev–Trinajstić information content (AvgIpc) is 3.45. The van der Waals surface area contributed by atoms with Gasteiger partial charge in [0.25, 0.3) is 5.91 Å². The Bertz CT molecular complexity index is 855. The van der Waals surface area contributed by atoms with Crippen LogP contribution < -0.4 is 10.6 Å². The van der Waals surface area contributed by atoms with Gasteiger partial charge in [0.1, 0.15) is 6.04 Å². The minimum Gasteiger partial charge on any atom is -0.349 e. The third kappa shape index (κ3) is 5.04. The van der Waals surface area contributed by atoms with E-state index in [1.807, 2.05) is 0 Å². The Hall–Kier alpha value is -1.64. The number of rotatable bonds is 7. The first-order chi connectivity index (χ1) is 13.3. The van der Waals surface area contributed by atoms with E-state index < -0.39 is 16.1 Å². The summed E-state index contributed by atoms with van der Waals surface area (Å²) < 4.78 is 26.3. The maximum Gasteiger partial charge on any atom is 0.253 e. The Morgan fingerprint density at radius 1 is 1.21 bits per heavy atom. The molecule has 0 radical (unpaired) electrons. The minimum absolute atomic E-state index is 0.0351. The van der Waals surface area contributed by atoms with Gasteiger partial charge in [0, 0.05) is 18.3 Å². The Morgan fingerprint density at radius 3 is 2.61 bits per heavy atom. The number of piperidine rings is 1. The molecule has 2 N–H and O–H groups in total. The first-order valence-electron chi connectivity index (χ1n) is 9.72. The third-order valence-electron chi connectivity index (χ3n) is 4.97. The average molecular weight is 428 g/mol. The van der Waals surface area contributed by atoms with Crippen molar-refractivity contribution in [3.63, 3.8) is 0 Å². The third-order valence-corrected chi connectivity index (χ3v) is 7.36. The van der Waals surface area contributed by atoms with Crippen molar-refractivity contribution < 1.29 is 18.0 Å². The van der Waals surface area contributed by atoms with Crippen molar-refractivity contribution in [1.82, 2.24) is 9.62 Å². The van der Waals surface area contributed by atoms with Crippen molar-refractivity contribution in [3.8, 4) is 0 Å². The molecule has 9 heteroatoms. The Morgan fingerprint density at radius 2 is 1.96 bits per heavy atom. The minimum atomic E-state index is -3.46. The van der Waals surface area contributed by atoms with Gasteiger partial charge in [-0.05, 0) is 50.3 Å². The molecule has 0 spiro atoms. The fraction of sp³-hybridized carbons (Fsp3) is 0.579. The monoisotopic (exact) mass is 427 g/mol. The number of anilines is 1. The number of carbonyl (C=O) groups excluding carboxylic acids is 2. The van der Waals surface area contributed by atoms with Gasteiger partial charge in [0.2, 0.25) is 15.9 Å². The van der Waals surface area contributed by atoms with Crippen LogP contribution in [0.4, 0.5) is 5.69 Å². The van der Waals surface area contributed by atoms with Crippen LogP contribution in [-0.2, 0) is 14.8 Å². The second-order valence-corrected chi connectivity index (χ2v) is 9.82. The summed E-state index contributed by atoms with van der Waals surface area (Å²) in [5.41, 5.74) is 0.799. The second kappa shape index (κ2) is 8.80. The highest BCUT2D eigenvalue weighted by atomic mass is 35.5. The summed E-state index contributed by atoms with van der Waals surface area (Å²) in [5, 5.41) is 5.87. The van der Waals surface area contributed by atoms with Crippen LogP contribution in [0.3, 0.4) is 0 Å². The SMILES string of the molecule is CCCS(=O)(=O)N1CCCCC1C(=O)Nc1ccc(C(=O)NC2CC2)c(Cl)c1. The van der Waals surface area contributed by atoms with Crippen LogP contribution >= 0.6 is 11.6 Å². The molecule has 2 fully saturated rings. The first kappa shape index (κ1) is 21.1. The summed E-state index contributed by atoms with van der Waals surface area (Å²) in [6, 6.07) is 4.21. The summed E-state index contributed by atoms with van der Waals surface area (Å²) in [6.45, 7) is 2.17. The van der Waals surface area contributed by atoms with E-state index in [0.29, 0.717) is 30.6 Å². The van der Waals surface area contributed by atoms with Crippen molar-refractivity contribution in [1.29, 1.82) is 0 Å². The van der Waals surface area contributed by atoms with Crippen LogP contribution in [0.25, 0.3) is 0 Å². The van der Waals surface area contributed by atoms with E-state index in [1.165, 1.54) is 10.4 Å². The lowest BCUT2D eigenvalue weighted by molar-refractivity contribution is -0.120. The lowest BCUT2D eigenvalue weighted by Gasteiger charge is -2.33. The molecule has 1 saturated carbocycles. The van der Waals surface area contributed by atoms with Crippen LogP contribution in [0.2, 0.25) is 5.02 Å². The number of halogens is 1. The molecule has 1 heterocycles. The molecule has 1 aliphatic heterocycles. The molecular formula is C19H26ClN3O4S. The Labute approximate surface area is 170 Å². The van der Waals surface area contributed by atoms with Crippen LogP contribution in [-0.4, -0.2) is 48.9 Å². The van der Waals surface area contributed by atoms with E-state index in [2.05, 4.69) is 10.6 Å². The molecule has 1 aromatic rings. The number of amides is 2. The predicted octanol–water partition coefficient (Wildman–Crippen LogP) is 2.77. The summed E-state index contributed by atoms with van der Waals surface area (Å²) in [5.74, 6) is -0.562. The van der Waals surface area contributed by atoms with E-state index in [-0.39, 0.29) is 28.6 Å². The highest BCUT2D eigenvalue weighted by Crippen LogP contribution is 2.26. The Kier molecular flexibility index (Phi) is 6.62. The van der Waals surface area contributed by atoms with Crippen molar-refractivity contribution in [2.75, 3.05) is 17.6 Å². The maximum atomic E-state index is 12.8. The summed E-state index contributed by atoms with van der Waals surface area (Å²) in [7, 11) is -3.46. The van der Waals surface area contributed by atoms with Crippen LogP contribution in [0, 0.1) is 0 Å². The van der Waals surface area contributed by atoms with Gasteiger partial charge >= 0.3 is 0 Å². The number of nitrogens with zero attached hydrogens (tertiary/aromatic N) is 1. The first-order valence-corrected chi connectivity index (χ1v) is 11.7. The molecule has 2 aliphatic rings. The fourth-order valence-corrected chi connectivity index (χ4v) is 5.38. The quantitative estimate of drug-likeness (QED) is 0.699. The van der Waals surface area contributed by atoms with Crippen molar-refractivity contribution in [3.05, 3.63) is 28.8 Å². The van der Waals surface area contributed by atoms with E-state index in [1.54, 1.807) is 19.1 Å². The molecule has 3 rings (SSSR count). The fourth-order valence-electron chi connectivity index (χ4n) is 3.37. The number of benzene rings is 1. The smallest absolute Gasteiger partial charge is 0.253 e. The highest BCUT2D eigenvalue weighted by Gasteiger charge is 2.36. The van der Waals surface area contributed by atoms with Crippen LogP contribution in [0.5, 0.6) is 0 Å². The molecule has 1 aliphatic carbocycles. The van der Waals surface area contributed by atoms with Gasteiger partial charge in [0.05, 0.1) is 16.3 Å². The topological polar surface area (TPSA) is 95.6 Å². The lowest BCUT2D eigenvalue weighted by Crippen LogP contribution is -2.50. The van der Waals surface area contributed by atoms with Crippen molar-refractivity contribution in [2.24, 2.45) is 0 Å². The number of hydrogen-bond acceptors (Lipinski definition) is 4. The normalized spacial score (nSPS) is 20.6. The van der Waals surface area contributed by atoms with Gasteiger partial charge < -0.3 is 10.6 Å². The molecule has 154 valence electrons. The summed E-state index contributed by atoms with van der Waals surface area (Å²) >= 11 is 6.22. The standard InChI is InChI=1S/C19H26ClN3O4S/c1-2-11-28(26,27)23-10-4-3-5-17(23)19(25)22-14-8-9-15(16(20)12-14)18(24)21-13-6-7-13/h8-9,12-13,17H,2-7,10-11H2,1H3,(H,21,24)(H,22,25). The molecule has 28 heavy (non-hydrogen) atoms. The predicted molar refractivity (Wildman–Crippen MR) is 109 cm³/mol. The zero-order valence-electron chi connectivity index (χ0n) is 15.9. The molecule has 1 atom stereocenters. The van der Waals surface area contributed by atoms with Crippen LogP contribution in [0.1, 0.15) is 55.8 Å². The zero-order chi connectivity index (χ0) is 20.3. The molecule has 0 aromatic heterocycles. The van der Waals surface area contributed by atoms with E-state index >= 15 is 0 Å². The Balaban J connectivity index is 1.70. The molecule has 1 saturated heterocycles. The zero-order valence-corrected chi connectivity index (χ0v) is 17.5. The summed E-state index contributed by atoms with van der Waals surface area (Å²) in [6.07, 6.45) is 4.52. The maximum absolute atomic E-state index is 12.8. The van der Waals surface area contributed by atoms with Gasteiger partial charge in [-0.15, -0.1) is 0 Å². The second-order valence-electron chi connectivity index (χ2n) is 7.37. The van der Waals surface area contributed by atoms with Crippen molar-refractivity contribution >= 4 is 39.1 Å². The number of nitrogens with one attached hydrogen (secondary N) is 2. The van der Waals surface area contributed by atoms with Gasteiger partial charge in [0.15, 0.2) is 0 Å². The molecule has 2 amide bonds. The van der Waals surface area contributed by atoms with Gasteiger partial charge in [-0.25, -0.2) is 8.42 Å². The van der Waals surface area contributed by atoms with Crippen molar-refractivity contribution in [2.45, 2.75) is 57.5 Å². The molecule has 7 nitrogen and oxygen atoms in total. The van der Waals surface area contributed by atoms with Gasteiger partial charge in [-0.1, -0.05) is 24.9 Å². The number of sulfonamides is 1. The molecular weight excluding hydrogens is 402 g/mol. The van der Waals surface area contributed by atoms with Gasteiger partial charge in [-0.3, -0.25) is 9.59 Å². The number of carbonyl (C=O) groups is 2. The lowest BCUT2D eigenvalue weighted by atomic mass is 10.0. The van der Waals surface area contributed by atoms with Gasteiger partial charge in [-0.2, -0.15) is 4.31 Å². The number of hydrogen-bond donors (Lipinski definition) is 2. The molecule has 1 aromatic carbocycles. The molecule has 0 bridgehead atoms. The highest BCUT2D eigenvalue weighted by molar-refractivity contribution is 7.89. The van der Waals surface area contributed by atoms with E-state index in [9.17, 15) is 18.0 Å². The largest absolute Gasteiger partial charge is 0.349 e. The van der Waals surface area contributed by atoms with E-state index in [0.717, 1.165) is 25.7 Å². The summed E-state index contributed by atoms with van der Waals surface area (Å²) in [4.78, 5) is 24.9. The van der Waals surface area contributed by atoms with Crippen LogP contribution in [0.15, 0.2) is 18.2 Å².